The monoisotopic (exact) mass is 226 g/mol. The molecule has 4 nitrogen and oxygen atoms in total. The summed E-state index contributed by atoms with van der Waals surface area (Å²) < 4.78 is 12.8. The number of nitrogens with zero attached hydrogens (tertiary/aromatic N) is 2. The molecule has 1 rings (SSSR count). The molecule has 0 saturated carbocycles. The van der Waals surface area contributed by atoms with E-state index in [1.165, 1.54) is 17.2 Å². The van der Waals surface area contributed by atoms with Gasteiger partial charge in [0.2, 0.25) is 5.95 Å². The maximum absolute atomic E-state index is 12.8. The number of hydrogen-bond acceptors (Lipinski definition) is 3. The first-order chi connectivity index (χ1) is 7.29. The summed E-state index contributed by atoms with van der Waals surface area (Å²) in [5.74, 6) is -1.04. The topological polar surface area (TPSA) is 53.4 Å². The molecule has 1 aromatic heterocycles. The predicted molar refractivity (Wildman–Crippen MR) is 57.5 cm³/mol. The van der Waals surface area contributed by atoms with Gasteiger partial charge in [0.25, 0.3) is 5.91 Å². The number of aromatic nitrogens is 1. The number of likely N-dealkylation sites (N-methyl/N-ethyl adjacent to an activating group) is 1. The third-order valence-electron chi connectivity index (χ3n) is 1.94. The Bertz CT molecular complexity index is 388. The summed E-state index contributed by atoms with van der Waals surface area (Å²) in [6, 6.07) is 2.51. The van der Waals surface area contributed by atoms with Crippen molar-refractivity contribution in [3.8, 4) is 0 Å². The lowest BCUT2D eigenvalue weighted by atomic mass is 10.1. The van der Waals surface area contributed by atoms with Gasteiger partial charge in [0.1, 0.15) is 0 Å². The summed E-state index contributed by atoms with van der Waals surface area (Å²) >= 11 is 0. The fourth-order valence-corrected chi connectivity index (χ4v) is 1.41. The minimum absolute atomic E-state index is 0.176. The van der Waals surface area contributed by atoms with Crippen LogP contribution < -0.4 is 0 Å². The normalized spacial score (nSPS) is 11.3. The van der Waals surface area contributed by atoms with Gasteiger partial charge in [-0.3, -0.25) is 4.79 Å². The van der Waals surface area contributed by atoms with Crippen molar-refractivity contribution in [3.63, 3.8) is 0 Å². The van der Waals surface area contributed by atoms with Gasteiger partial charge in [0.05, 0.1) is 5.60 Å². The van der Waals surface area contributed by atoms with Crippen LogP contribution in [0.5, 0.6) is 0 Å². The third kappa shape index (κ3) is 3.58. The number of pyridine rings is 1. The van der Waals surface area contributed by atoms with Crippen LogP contribution >= 0.6 is 0 Å². The summed E-state index contributed by atoms with van der Waals surface area (Å²) in [5.41, 5.74) is -0.755. The second kappa shape index (κ2) is 4.57. The number of halogens is 1. The van der Waals surface area contributed by atoms with Gasteiger partial charge >= 0.3 is 0 Å². The molecular weight excluding hydrogens is 211 g/mol. The first kappa shape index (κ1) is 12.6. The van der Waals surface area contributed by atoms with Gasteiger partial charge in [0.15, 0.2) is 0 Å². The van der Waals surface area contributed by atoms with Crippen molar-refractivity contribution in [3.05, 3.63) is 29.8 Å². The van der Waals surface area contributed by atoms with Crippen LogP contribution in [0.15, 0.2) is 18.3 Å². The Morgan fingerprint density at radius 3 is 2.75 bits per heavy atom. The highest BCUT2D eigenvalue weighted by molar-refractivity contribution is 5.93. The molecule has 0 spiro atoms. The quantitative estimate of drug-likeness (QED) is 0.784. The van der Waals surface area contributed by atoms with Gasteiger partial charge in [0, 0.05) is 31.4 Å². The Hall–Kier alpha value is -1.49. The zero-order valence-electron chi connectivity index (χ0n) is 9.57. The van der Waals surface area contributed by atoms with Gasteiger partial charge in [-0.1, -0.05) is 0 Å². The fraction of sp³-hybridized carbons (Fsp3) is 0.455. The SMILES string of the molecule is CN(CC(C)(C)O)C(=O)c1ccnc(F)c1. The van der Waals surface area contributed by atoms with Crippen molar-refractivity contribution in [2.45, 2.75) is 19.4 Å². The van der Waals surface area contributed by atoms with Crippen molar-refractivity contribution < 1.29 is 14.3 Å². The van der Waals surface area contributed by atoms with E-state index in [0.717, 1.165) is 6.07 Å². The number of carbonyl (C=O) groups is 1. The first-order valence-electron chi connectivity index (χ1n) is 4.89. The van der Waals surface area contributed by atoms with E-state index in [1.54, 1.807) is 20.9 Å². The lowest BCUT2D eigenvalue weighted by molar-refractivity contribution is 0.0367. The first-order valence-corrected chi connectivity index (χ1v) is 4.89. The minimum Gasteiger partial charge on any atom is -0.389 e. The standard InChI is InChI=1S/C11H15FN2O2/c1-11(2,16)7-14(3)10(15)8-4-5-13-9(12)6-8/h4-6,16H,7H2,1-3H3. The number of amides is 1. The van der Waals surface area contributed by atoms with Crippen LogP contribution in [0.25, 0.3) is 0 Å². The molecule has 16 heavy (non-hydrogen) atoms. The minimum atomic E-state index is -0.976. The molecule has 0 bridgehead atoms. The van der Waals surface area contributed by atoms with Gasteiger partial charge < -0.3 is 10.0 Å². The Labute approximate surface area is 93.7 Å². The van der Waals surface area contributed by atoms with E-state index in [-0.39, 0.29) is 18.0 Å². The number of carbonyl (C=O) groups excluding carboxylic acids is 1. The molecule has 0 saturated heterocycles. The van der Waals surface area contributed by atoms with Crippen LogP contribution in [0.2, 0.25) is 0 Å². The maximum atomic E-state index is 12.8. The number of aliphatic hydroxyl groups is 1. The Morgan fingerprint density at radius 1 is 1.62 bits per heavy atom. The lowest BCUT2D eigenvalue weighted by Gasteiger charge is -2.25. The maximum Gasteiger partial charge on any atom is 0.253 e. The molecule has 5 heteroatoms. The molecule has 0 unspecified atom stereocenters. The molecule has 0 aromatic carbocycles. The highest BCUT2D eigenvalue weighted by Gasteiger charge is 2.20. The molecule has 1 heterocycles. The van der Waals surface area contributed by atoms with Gasteiger partial charge in [-0.05, 0) is 19.9 Å². The van der Waals surface area contributed by atoms with Crippen molar-refractivity contribution in [2.24, 2.45) is 0 Å². The van der Waals surface area contributed by atoms with Crippen LogP contribution in [-0.2, 0) is 0 Å². The fourth-order valence-electron chi connectivity index (χ4n) is 1.41. The zero-order chi connectivity index (χ0) is 12.3. The Morgan fingerprint density at radius 2 is 2.25 bits per heavy atom. The molecule has 0 radical (unpaired) electrons. The van der Waals surface area contributed by atoms with Crippen LogP contribution in [0, 0.1) is 5.95 Å². The van der Waals surface area contributed by atoms with E-state index in [1.807, 2.05) is 0 Å². The average Bonchev–Trinajstić information content (AvgIpc) is 2.14. The van der Waals surface area contributed by atoms with E-state index in [0.29, 0.717) is 0 Å². The molecule has 0 atom stereocenters. The van der Waals surface area contributed by atoms with Crippen molar-refractivity contribution in [1.82, 2.24) is 9.88 Å². The number of hydrogen-bond donors (Lipinski definition) is 1. The predicted octanol–water partition coefficient (Wildman–Crippen LogP) is 1.06. The highest BCUT2D eigenvalue weighted by atomic mass is 19.1. The number of rotatable bonds is 3. The molecule has 88 valence electrons. The summed E-state index contributed by atoms with van der Waals surface area (Å²) in [6.07, 6.45) is 1.24. The molecule has 1 amide bonds. The molecular formula is C11H15FN2O2. The lowest BCUT2D eigenvalue weighted by Crippen LogP contribution is -2.39. The van der Waals surface area contributed by atoms with Crippen LogP contribution in [0.1, 0.15) is 24.2 Å². The second-order valence-electron chi connectivity index (χ2n) is 4.34. The van der Waals surface area contributed by atoms with Crippen LogP contribution in [0.3, 0.4) is 0 Å². The highest BCUT2D eigenvalue weighted by Crippen LogP contribution is 2.08. The molecule has 0 aliphatic rings. The van der Waals surface area contributed by atoms with Crippen molar-refractivity contribution in [2.75, 3.05) is 13.6 Å². The zero-order valence-corrected chi connectivity index (χ0v) is 9.57. The van der Waals surface area contributed by atoms with Crippen LogP contribution in [-0.4, -0.2) is 40.1 Å². The Balaban J connectivity index is 2.78. The largest absolute Gasteiger partial charge is 0.389 e. The molecule has 0 fully saturated rings. The van der Waals surface area contributed by atoms with Crippen LogP contribution in [0.4, 0.5) is 4.39 Å². The molecule has 1 aromatic rings. The molecule has 0 aliphatic heterocycles. The van der Waals surface area contributed by atoms with Crippen molar-refractivity contribution >= 4 is 5.91 Å². The summed E-state index contributed by atoms with van der Waals surface area (Å²) in [6.45, 7) is 3.38. The Kier molecular flexibility index (Phi) is 3.59. The van der Waals surface area contributed by atoms with Crippen molar-refractivity contribution in [1.29, 1.82) is 0 Å². The summed E-state index contributed by atoms with van der Waals surface area (Å²) in [5, 5.41) is 9.56. The van der Waals surface area contributed by atoms with E-state index in [2.05, 4.69) is 4.98 Å². The van der Waals surface area contributed by atoms with E-state index >= 15 is 0 Å². The van der Waals surface area contributed by atoms with E-state index < -0.39 is 11.5 Å². The molecule has 0 aliphatic carbocycles. The van der Waals surface area contributed by atoms with Gasteiger partial charge in [-0.2, -0.15) is 4.39 Å². The third-order valence-corrected chi connectivity index (χ3v) is 1.94. The second-order valence-corrected chi connectivity index (χ2v) is 4.34. The van der Waals surface area contributed by atoms with Gasteiger partial charge in [-0.25, -0.2) is 4.98 Å². The van der Waals surface area contributed by atoms with Gasteiger partial charge in [-0.15, -0.1) is 0 Å². The smallest absolute Gasteiger partial charge is 0.253 e. The van der Waals surface area contributed by atoms with E-state index in [9.17, 15) is 14.3 Å². The average molecular weight is 226 g/mol. The summed E-state index contributed by atoms with van der Waals surface area (Å²) in [4.78, 5) is 16.5. The summed E-state index contributed by atoms with van der Waals surface area (Å²) in [7, 11) is 1.55. The van der Waals surface area contributed by atoms with E-state index in [4.69, 9.17) is 0 Å². The molecule has 1 N–H and O–H groups in total.